The third kappa shape index (κ3) is 4.51. The molecule has 0 radical (unpaired) electrons. The van der Waals surface area contributed by atoms with Crippen LogP contribution in [0.3, 0.4) is 0 Å². The molecule has 0 bridgehead atoms. The van der Waals surface area contributed by atoms with Crippen LogP contribution in [0.5, 0.6) is 0 Å². The number of nitrogens with zero attached hydrogens (tertiary/aromatic N) is 1. The number of fused-ring (bicyclic) bond motifs is 5. The molecule has 0 saturated heterocycles. The number of esters is 1. The first kappa shape index (κ1) is 25.9. The van der Waals surface area contributed by atoms with Crippen LogP contribution in [0, 0.1) is 40.4 Å². The fraction of sp³-hybridized carbons (Fsp3) is 0.897. The molecule has 4 aliphatic carbocycles. The number of Topliss-reactive ketones (excluding diaryl/α,β-unsaturated/α-hetero) is 2. The van der Waals surface area contributed by atoms with E-state index in [1.807, 2.05) is 0 Å². The summed E-state index contributed by atoms with van der Waals surface area (Å²) in [7, 11) is 0. The Morgan fingerprint density at radius 3 is 2.38 bits per heavy atom. The van der Waals surface area contributed by atoms with Gasteiger partial charge in [-0.15, -0.1) is 0 Å². The highest BCUT2D eigenvalue weighted by molar-refractivity contribution is 5.80. The summed E-state index contributed by atoms with van der Waals surface area (Å²) in [6.45, 7) is 12.9. The van der Waals surface area contributed by atoms with Gasteiger partial charge < -0.3 is 4.74 Å². The van der Waals surface area contributed by atoms with E-state index in [9.17, 15) is 14.4 Å². The quantitative estimate of drug-likeness (QED) is 0.439. The molecule has 0 aromatic rings. The maximum absolute atomic E-state index is 13.3. The molecule has 5 nitrogen and oxygen atoms in total. The predicted molar refractivity (Wildman–Crippen MR) is 133 cm³/mol. The van der Waals surface area contributed by atoms with Crippen LogP contribution in [-0.2, 0) is 19.1 Å². The van der Waals surface area contributed by atoms with Gasteiger partial charge in [-0.05, 0) is 100.0 Å². The molecule has 0 N–H and O–H groups in total. The Balaban J connectivity index is 1.63. The highest BCUT2D eigenvalue weighted by Crippen LogP contribution is 2.67. The Labute approximate surface area is 206 Å². The van der Waals surface area contributed by atoms with Gasteiger partial charge in [-0.3, -0.25) is 19.3 Å². The van der Waals surface area contributed by atoms with Crippen LogP contribution in [0.2, 0.25) is 0 Å². The summed E-state index contributed by atoms with van der Waals surface area (Å²) in [5, 5.41) is 0. The Morgan fingerprint density at radius 1 is 1.03 bits per heavy atom. The van der Waals surface area contributed by atoms with Crippen LogP contribution in [-0.4, -0.2) is 48.2 Å². The molecule has 8 atom stereocenters. The van der Waals surface area contributed by atoms with Crippen molar-refractivity contribution in [2.24, 2.45) is 40.4 Å². The molecule has 34 heavy (non-hydrogen) atoms. The molecule has 4 rings (SSSR count). The minimum absolute atomic E-state index is 0.0456. The van der Waals surface area contributed by atoms with E-state index in [0.29, 0.717) is 54.6 Å². The highest BCUT2D eigenvalue weighted by atomic mass is 16.5. The third-order valence-electron chi connectivity index (χ3n) is 10.6. The van der Waals surface area contributed by atoms with E-state index in [2.05, 4.69) is 32.6 Å². The first-order chi connectivity index (χ1) is 16.1. The van der Waals surface area contributed by atoms with E-state index in [1.54, 1.807) is 6.92 Å². The van der Waals surface area contributed by atoms with Gasteiger partial charge in [0.05, 0.1) is 6.54 Å². The summed E-state index contributed by atoms with van der Waals surface area (Å²) >= 11 is 0. The molecule has 192 valence electrons. The number of rotatable bonds is 8. The van der Waals surface area contributed by atoms with Crippen molar-refractivity contribution in [3.63, 3.8) is 0 Å². The molecule has 4 saturated carbocycles. The topological polar surface area (TPSA) is 63.7 Å². The van der Waals surface area contributed by atoms with Crippen molar-refractivity contribution in [3.8, 4) is 0 Å². The van der Waals surface area contributed by atoms with Gasteiger partial charge in [0.1, 0.15) is 17.7 Å². The summed E-state index contributed by atoms with van der Waals surface area (Å²) in [4.78, 5) is 40.5. The van der Waals surface area contributed by atoms with Gasteiger partial charge >= 0.3 is 5.97 Å². The van der Waals surface area contributed by atoms with E-state index < -0.39 is 0 Å². The van der Waals surface area contributed by atoms with E-state index in [-0.39, 0.29) is 28.8 Å². The third-order valence-corrected chi connectivity index (χ3v) is 10.6. The monoisotopic (exact) mass is 473 g/mol. The Hall–Kier alpha value is -1.23. The molecule has 0 spiro atoms. The largest absolute Gasteiger partial charge is 0.461 e. The van der Waals surface area contributed by atoms with E-state index in [1.165, 1.54) is 0 Å². The zero-order chi connectivity index (χ0) is 24.7. The van der Waals surface area contributed by atoms with Gasteiger partial charge in [-0.1, -0.05) is 27.7 Å². The van der Waals surface area contributed by atoms with E-state index in [4.69, 9.17) is 4.74 Å². The lowest BCUT2D eigenvalue weighted by Crippen LogP contribution is -2.60. The fourth-order valence-electron chi connectivity index (χ4n) is 9.20. The average molecular weight is 474 g/mol. The van der Waals surface area contributed by atoms with Crippen LogP contribution in [0.25, 0.3) is 0 Å². The first-order valence-electron chi connectivity index (χ1n) is 14.1. The SMILES string of the molecule is CCCN(CCC)CC(=O)OC1C[C@]2(C)[C@@H](C(C)=O)CC[C@H]2[C@@H]2CCC3CC(=O)CC[C@]3(C)[C@@H]12. The summed E-state index contributed by atoms with van der Waals surface area (Å²) in [5.74, 6) is 2.39. The van der Waals surface area contributed by atoms with Crippen molar-refractivity contribution in [1.82, 2.24) is 4.90 Å². The minimum Gasteiger partial charge on any atom is -0.461 e. The minimum atomic E-state index is -0.148. The molecular formula is C29H47NO4. The number of carbonyl (C=O) groups excluding carboxylic acids is 3. The Bertz CT molecular complexity index is 789. The van der Waals surface area contributed by atoms with Crippen LogP contribution in [0.15, 0.2) is 0 Å². The molecule has 2 unspecified atom stereocenters. The van der Waals surface area contributed by atoms with E-state index >= 15 is 0 Å². The first-order valence-corrected chi connectivity index (χ1v) is 14.1. The van der Waals surface area contributed by atoms with Crippen molar-refractivity contribution >= 4 is 17.5 Å². The van der Waals surface area contributed by atoms with Gasteiger partial charge in [0, 0.05) is 24.7 Å². The Kier molecular flexibility index (Phi) is 7.62. The zero-order valence-electron chi connectivity index (χ0n) is 22.2. The maximum atomic E-state index is 13.3. The van der Waals surface area contributed by atoms with Crippen molar-refractivity contribution < 1.29 is 19.1 Å². The van der Waals surface area contributed by atoms with Gasteiger partial charge in [0.25, 0.3) is 0 Å². The summed E-state index contributed by atoms with van der Waals surface area (Å²) in [6.07, 6.45) is 9.26. The lowest BCUT2D eigenvalue weighted by Gasteiger charge is -2.62. The Morgan fingerprint density at radius 2 is 1.74 bits per heavy atom. The maximum Gasteiger partial charge on any atom is 0.320 e. The standard InChI is InChI=1S/C29H47NO4/c1-6-14-30(15-7-2)18-26(33)34-25-17-29(5)23(19(3)31)10-11-24(29)22-9-8-20-16-21(32)12-13-28(20,4)27(22)25/h20,22-25,27H,6-18H2,1-5H3/t20?,22-,23+,24-,25?,27+,28-,29+/m0/s1. The molecule has 4 aliphatic rings. The normalized spacial score (nSPS) is 41.5. The number of ether oxygens (including phenoxy) is 1. The second-order valence-electron chi connectivity index (χ2n) is 12.6. The van der Waals surface area contributed by atoms with Crippen molar-refractivity contribution in [3.05, 3.63) is 0 Å². The lowest BCUT2D eigenvalue weighted by atomic mass is 9.44. The van der Waals surface area contributed by atoms with Gasteiger partial charge in [-0.25, -0.2) is 0 Å². The molecule has 0 aliphatic heterocycles. The molecule has 0 heterocycles. The second-order valence-corrected chi connectivity index (χ2v) is 12.6. The summed E-state index contributed by atoms with van der Waals surface area (Å²) in [5.41, 5.74) is -0.0396. The van der Waals surface area contributed by atoms with Crippen molar-refractivity contribution in [2.75, 3.05) is 19.6 Å². The molecule has 0 aromatic heterocycles. The highest BCUT2D eigenvalue weighted by Gasteiger charge is 2.64. The second kappa shape index (κ2) is 10.0. The lowest BCUT2D eigenvalue weighted by molar-refractivity contribution is -0.195. The smallest absolute Gasteiger partial charge is 0.320 e. The van der Waals surface area contributed by atoms with Crippen molar-refractivity contribution in [1.29, 1.82) is 0 Å². The van der Waals surface area contributed by atoms with Gasteiger partial charge in [0.15, 0.2) is 0 Å². The number of carbonyl (C=O) groups is 3. The van der Waals surface area contributed by atoms with Crippen molar-refractivity contribution in [2.45, 2.75) is 105 Å². The van der Waals surface area contributed by atoms with Crippen LogP contribution in [0.1, 0.15) is 98.8 Å². The molecule has 0 aromatic carbocycles. The molecule has 4 fully saturated rings. The molecular weight excluding hydrogens is 426 g/mol. The molecule has 0 amide bonds. The van der Waals surface area contributed by atoms with Gasteiger partial charge in [-0.2, -0.15) is 0 Å². The number of hydrogen-bond acceptors (Lipinski definition) is 5. The van der Waals surface area contributed by atoms with Gasteiger partial charge in [0.2, 0.25) is 0 Å². The predicted octanol–water partition coefficient (Wildman–Crippen LogP) is 5.45. The number of hydrogen-bond donors (Lipinski definition) is 0. The zero-order valence-corrected chi connectivity index (χ0v) is 22.2. The average Bonchev–Trinajstić information content (AvgIpc) is 3.11. The molecule has 5 heteroatoms. The number of ketones is 2. The summed E-state index contributed by atoms with van der Waals surface area (Å²) < 4.78 is 6.45. The van der Waals surface area contributed by atoms with E-state index in [0.717, 1.165) is 64.5 Å². The van der Waals surface area contributed by atoms with Crippen LogP contribution in [0.4, 0.5) is 0 Å². The van der Waals surface area contributed by atoms with Crippen LogP contribution < -0.4 is 0 Å². The summed E-state index contributed by atoms with van der Waals surface area (Å²) in [6, 6.07) is 0. The van der Waals surface area contributed by atoms with Crippen LogP contribution >= 0.6 is 0 Å². The fourth-order valence-corrected chi connectivity index (χ4v) is 9.20.